The second-order valence-corrected chi connectivity index (χ2v) is 26.0. The van der Waals surface area contributed by atoms with Crippen LogP contribution in [0.3, 0.4) is 0 Å². The Bertz CT molecular complexity index is 2040. The van der Waals surface area contributed by atoms with Crippen LogP contribution in [-0.2, 0) is 23.7 Å². The third kappa shape index (κ3) is 45.8. The maximum absolute atomic E-state index is 13.4. The summed E-state index contributed by atoms with van der Waals surface area (Å²) in [6.45, 7) is 2.68. The first kappa shape index (κ1) is 86.5. The van der Waals surface area contributed by atoms with Crippen molar-refractivity contribution in [2.24, 2.45) is 0 Å². The maximum Gasteiger partial charge on any atom is 0.220 e. The van der Waals surface area contributed by atoms with Crippen LogP contribution in [0.15, 0.2) is 122 Å². The molecule has 2 rings (SSSR count). The predicted molar refractivity (Wildman–Crippen MR) is 387 cm³/mol. The molecule has 0 spiro atoms. The van der Waals surface area contributed by atoms with Crippen LogP contribution >= 0.6 is 0 Å². The zero-order chi connectivity index (χ0) is 68.0. The number of hydrogen-bond acceptors (Lipinski definition) is 13. The minimum Gasteiger partial charge on any atom is -0.394 e. The normalized spacial score (nSPS) is 23.2. The van der Waals surface area contributed by atoms with Crippen LogP contribution in [0.2, 0.25) is 0 Å². The molecule has 0 aromatic carbocycles. The van der Waals surface area contributed by atoms with Crippen molar-refractivity contribution in [1.82, 2.24) is 5.32 Å². The van der Waals surface area contributed by atoms with Gasteiger partial charge in [-0.2, -0.15) is 0 Å². The molecule has 2 heterocycles. The van der Waals surface area contributed by atoms with Gasteiger partial charge in [-0.05, 0) is 103 Å². The number of allylic oxidation sites excluding steroid dienone is 19. The highest BCUT2D eigenvalue weighted by Crippen LogP contribution is 2.30. The fourth-order valence-corrected chi connectivity index (χ4v) is 11.7. The largest absolute Gasteiger partial charge is 0.394 e. The molecule has 2 aliphatic rings. The van der Waals surface area contributed by atoms with Gasteiger partial charge in [0.2, 0.25) is 5.91 Å². The second kappa shape index (κ2) is 62.9. The first-order valence-electron chi connectivity index (χ1n) is 37.8. The molecule has 12 unspecified atom stereocenters. The van der Waals surface area contributed by atoms with E-state index in [0.717, 1.165) is 96.3 Å². The van der Waals surface area contributed by atoms with E-state index in [0.29, 0.717) is 12.8 Å². The lowest BCUT2D eigenvalue weighted by atomic mass is 9.97. The fraction of sp³-hybridized carbons (Fsp3) is 0.738. The van der Waals surface area contributed by atoms with Crippen LogP contribution in [0.25, 0.3) is 0 Å². The first-order valence-corrected chi connectivity index (χ1v) is 37.8. The Morgan fingerprint density at radius 3 is 1.17 bits per heavy atom. The number of carbonyl (C=O) groups is 1. The number of amides is 1. The molecule has 12 atom stereocenters. The molecule has 0 bridgehead atoms. The van der Waals surface area contributed by atoms with E-state index in [9.17, 15) is 45.6 Å². The summed E-state index contributed by atoms with van der Waals surface area (Å²) >= 11 is 0. The van der Waals surface area contributed by atoms with Crippen LogP contribution in [0, 0.1) is 0 Å². The van der Waals surface area contributed by atoms with Crippen molar-refractivity contribution in [3.8, 4) is 0 Å². The topological polar surface area (TPSA) is 228 Å². The summed E-state index contributed by atoms with van der Waals surface area (Å²) in [5.74, 6) is -0.259. The average Bonchev–Trinajstić information content (AvgIpc) is 0.794. The first-order chi connectivity index (χ1) is 46.1. The summed E-state index contributed by atoms with van der Waals surface area (Å²) in [6.07, 6.45) is 75.4. The van der Waals surface area contributed by atoms with E-state index in [2.05, 4.69) is 129 Å². The third-order valence-electron chi connectivity index (χ3n) is 17.6. The van der Waals surface area contributed by atoms with Gasteiger partial charge in [-0.15, -0.1) is 0 Å². The number of hydrogen-bond donors (Lipinski definition) is 9. The molecule has 0 aromatic rings. The predicted octanol–water partition coefficient (Wildman–Crippen LogP) is 16.5. The smallest absolute Gasteiger partial charge is 0.220 e. The van der Waals surface area contributed by atoms with Gasteiger partial charge >= 0.3 is 0 Å². The Morgan fingerprint density at radius 2 is 0.745 bits per heavy atom. The van der Waals surface area contributed by atoms with E-state index in [1.165, 1.54) is 154 Å². The average molecular weight is 1320 g/mol. The van der Waals surface area contributed by atoms with Gasteiger partial charge in [0.1, 0.15) is 48.8 Å². The Hall–Kier alpha value is -3.61. The summed E-state index contributed by atoms with van der Waals surface area (Å²) in [4.78, 5) is 13.4. The Morgan fingerprint density at radius 1 is 0.394 bits per heavy atom. The zero-order valence-electron chi connectivity index (χ0n) is 58.9. The summed E-state index contributed by atoms with van der Waals surface area (Å²) < 4.78 is 22.9. The van der Waals surface area contributed by atoms with Crippen LogP contribution in [0.5, 0.6) is 0 Å². The molecule has 0 saturated carbocycles. The molecule has 0 aliphatic carbocycles. The van der Waals surface area contributed by atoms with Crippen LogP contribution in [0.1, 0.15) is 284 Å². The van der Waals surface area contributed by atoms with Gasteiger partial charge in [0.15, 0.2) is 12.6 Å². The highest BCUT2D eigenvalue weighted by molar-refractivity contribution is 5.76. The van der Waals surface area contributed by atoms with E-state index < -0.39 is 86.8 Å². The number of aliphatic hydroxyl groups is 8. The maximum atomic E-state index is 13.4. The van der Waals surface area contributed by atoms with Crippen molar-refractivity contribution in [1.29, 1.82) is 0 Å². The Labute approximate surface area is 571 Å². The zero-order valence-corrected chi connectivity index (χ0v) is 58.9. The van der Waals surface area contributed by atoms with Gasteiger partial charge in [0.25, 0.3) is 0 Å². The molecule has 94 heavy (non-hydrogen) atoms. The lowest BCUT2D eigenvalue weighted by molar-refractivity contribution is -0.359. The lowest BCUT2D eigenvalue weighted by Crippen LogP contribution is -2.65. The molecule has 14 heteroatoms. The number of unbranched alkanes of at least 4 members (excludes halogenated alkanes) is 30. The lowest BCUT2D eigenvalue weighted by Gasteiger charge is -2.46. The van der Waals surface area contributed by atoms with E-state index in [-0.39, 0.29) is 18.9 Å². The van der Waals surface area contributed by atoms with Crippen LogP contribution in [0.4, 0.5) is 0 Å². The molecule has 9 N–H and O–H groups in total. The van der Waals surface area contributed by atoms with Crippen molar-refractivity contribution in [3.05, 3.63) is 122 Å². The molecule has 1 amide bonds. The molecule has 0 radical (unpaired) electrons. The quantitative estimate of drug-likeness (QED) is 0.0204. The molecule has 14 nitrogen and oxygen atoms in total. The molecule has 0 aromatic heterocycles. The van der Waals surface area contributed by atoms with Crippen molar-refractivity contribution in [2.45, 2.75) is 357 Å². The second-order valence-electron chi connectivity index (χ2n) is 26.0. The molecular weight excluding hydrogens is 1180 g/mol. The van der Waals surface area contributed by atoms with Gasteiger partial charge in [-0.3, -0.25) is 4.79 Å². The highest BCUT2D eigenvalue weighted by atomic mass is 16.7. The minimum atomic E-state index is -1.80. The van der Waals surface area contributed by atoms with Gasteiger partial charge in [-0.25, -0.2) is 0 Å². The summed E-state index contributed by atoms with van der Waals surface area (Å²) in [5.41, 5.74) is 0. The van der Waals surface area contributed by atoms with Gasteiger partial charge in [0, 0.05) is 6.42 Å². The Balaban J connectivity index is 1.68. The Kier molecular flexibility index (Phi) is 57.8. The van der Waals surface area contributed by atoms with E-state index in [4.69, 9.17) is 18.9 Å². The molecule has 2 fully saturated rings. The number of rotatable bonds is 61. The molecule has 540 valence electrons. The fourth-order valence-electron chi connectivity index (χ4n) is 11.7. The summed E-state index contributed by atoms with van der Waals surface area (Å²) in [7, 11) is 0. The monoisotopic (exact) mass is 1320 g/mol. The van der Waals surface area contributed by atoms with E-state index >= 15 is 0 Å². The summed E-state index contributed by atoms with van der Waals surface area (Å²) in [5, 5.41) is 87.5. The van der Waals surface area contributed by atoms with Crippen molar-refractivity contribution in [2.75, 3.05) is 19.8 Å². The van der Waals surface area contributed by atoms with Crippen molar-refractivity contribution < 1.29 is 64.6 Å². The number of nitrogens with one attached hydrogen (secondary N) is 1. The summed E-state index contributed by atoms with van der Waals surface area (Å²) in [6, 6.07) is -0.950. The van der Waals surface area contributed by atoms with Crippen LogP contribution in [-0.4, -0.2) is 140 Å². The van der Waals surface area contributed by atoms with Gasteiger partial charge in [0.05, 0.1) is 32.0 Å². The van der Waals surface area contributed by atoms with Gasteiger partial charge < -0.3 is 65.1 Å². The number of ether oxygens (including phenoxy) is 4. The van der Waals surface area contributed by atoms with E-state index in [1.54, 1.807) is 6.08 Å². The molecule has 2 aliphatic heterocycles. The van der Waals surface area contributed by atoms with Crippen molar-refractivity contribution in [3.63, 3.8) is 0 Å². The highest BCUT2D eigenvalue weighted by Gasteiger charge is 2.51. The standard InChI is InChI=1S/C80H137NO13/c1-3-5-7-9-11-13-15-17-19-21-23-25-27-29-31-32-33-34-35-36-38-40-42-44-46-48-50-52-54-56-58-60-62-64-72(85)81-68(67-91-79-77(90)75(88)78(71(66-83)93-79)94-80-76(89)74(87)73(86)70(65-82)92-80)69(84)63-61-59-57-55-53-51-49-47-45-43-41-39-37-30-28-26-24-22-20-18-16-14-12-10-8-6-4-2/h5,7,11,13,17,19,23,25,29,31,33-34,36,38,45,47,53,55,61,63,68-71,73-80,82-84,86-90H,3-4,6,8-10,12,14-16,18,20-22,24,26-28,30,32,35,37,39-44,46,48-52,54,56-60,62,64-67H2,1-2H3,(H,81,85)/b7-5-,13-11-,19-17-,25-23-,31-29-,34-33-,38-36-,47-45+,55-53+,63-61+. The van der Waals surface area contributed by atoms with E-state index in [1.807, 2.05) is 6.08 Å². The number of aliphatic hydroxyl groups excluding tert-OH is 8. The molecule has 2 saturated heterocycles. The third-order valence-corrected chi connectivity index (χ3v) is 17.6. The van der Waals surface area contributed by atoms with Gasteiger partial charge in [-0.1, -0.05) is 296 Å². The minimum absolute atomic E-state index is 0.259. The SMILES string of the molecule is CC/C=C\C/C=C\C/C=C\C/C=C\C/C=C\C/C=C\C/C=C\CCCCCCCCCCCCCC(=O)NC(COC1OC(CO)C(OC2OC(CO)C(O)C(O)C2O)C(O)C1O)C(O)/C=C/CC/C=C/CC/C=C/CCCCCCCCCCCCCCCCCCC. The number of carbonyl (C=O) groups excluding carboxylic acids is 1. The van der Waals surface area contributed by atoms with Crippen molar-refractivity contribution >= 4 is 5.91 Å². The molecular formula is C80H137NO13. The van der Waals surface area contributed by atoms with Crippen LogP contribution < -0.4 is 5.32 Å².